The molecule has 0 aromatic rings. The fourth-order valence-electron chi connectivity index (χ4n) is 1.22. The van der Waals surface area contributed by atoms with Crippen molar-refractivity contribution < 1.29 is 22.3 Å². The van der Waals surface area contributed by atoms with Crippen LogP contribution in [0.5, 0.6) is 0 Å². The van der Waals surface area contributed by atoms with Gasteiger partial charge in [-0.2, -0.15) is 0 Å². The van der Waals surface area contributed by atoms with Gasteiger partial charge in [0.1, 0.15) is 0 Å². The Bertz CT molecular complexity index is 232. The molecule has 0 aromatic heterocycles. The molecule has 0 aromatic carbocycles. The maximum atomic E-state index is 10.0. The monoisotopic (exact) mass is 287 g/mol. The highest BCUT2D eigenvalue weighted by atomic mass is 32.3. The van der Waals surface area contributed by atoms with Crippen LogP contribution in [0, 0.1) is 0 Å². The average molecular weight is 287 g/mol. The van der Waals surface area contributed by atoms with Crippen LogP contribution in [0.25, 0.3) is 0 Å². The molecule has 7 heteroatoms. The van der Waals surface area contributed by atoms with Gasteiger partial charge in [0.05, 0.1) is 6.61 Å². The molecule has 0 fully saturated rings. The number of unbranched alkanes of at least 4 members (excludes halogenated alkanes) is 6. The van der Waals surface area contributed by atoms with Gasteiger partial charge in [0, 0.05) is 6.61 Å². The summed E-state index contributed by atoms with van der Waals surface area (Å²) in [5.74, 6) is 0. The molecule has 5 N–H and O–H groups in total. The normalized spacial score (nSPS) is 10.2. The van der Waals surface area contributed by atoms with Crippen LogP contribution in [-0.2, 0) is 14.6 Å². The summed E-state index contributed by atoms with van der Waals surface area (Å²) in [5, 5.41) is 7.57. The first-order valence-corrected chi connectivity index (χ1v) is 7.52. The van der Waals surface area contributed by atoms with E-state index in [1.165, 1.54) is 25.7 Å². The van der Waals surface area contributed by atoms with Gasteiger partial charge in [0.15, 0.2) is 0 Å². The first kappa shape index (κ1) is 22.9. The zero-order chi connectivity index (χ0) is 13.6. The molecule has 0 rings (SSSR count). The van der Waals surface area contributed by atoms with Crippen molar-refractivity contribution in [3.63, 3.8) is 0 Å². The van der Waals surface area contributed by atoms with Gasteiger partial charge >= 0.3 is 0 Å². The molecular formula is C11H29NO5S. The van der Waals surface area contributed by atoms with E-state index >= 15 is 0 Å². The molecule has 0 saturated heterocycles. The predicted octanol–water partition coefficient (Wildman–Crippen LogP) is 2.59. The van der Waals surface area contributed by atoms with E-state index in [0.29, 0.717) is 6.42 Å². The van der Waals surface area contributed by atoms with Crippen molar-refractivity contribution in [2.45, 2.75) is 58.8 Å². The van der Waals surface area contributed by atoms with Gasteiger partial charge in [-0.1, -0.05) is 45.4 Å². The zero-order valence-corrected chi connectivity index (χ0v) is 12.7. The third kappa shape index (κ3) is 29.7. The molecule has 0 amide bonds. The number of hydrogen-bond acceptors (Lipinski definition) is 5. The fourth-order valence-corrected chi connectivity index (χ4v) is 1.54. The van der Waals surface area contributed by atoms with Crippen molar-refractivity contribution in [1.29, 1.82) is 0 Å². The Labute approximate surface area is 111 Å². The smallest absolute Gasteiger partial charge is 0.217 e. The van der Waals surface area contributed by atoms with Gasteiger partial charge < -0.3 is 15.8 Å². The second kappa shape index (κ2) is 16.8. The minimum atomic E-state index is -4.48. The van der Waals surface area contributed by atoms with Gasteiger partial charge in [-0.15, -0.1) is 0 Å². The number of aliphatic hydroxyl groups excluding tert-OH is 1. The molecule has 0 aliphatic rings. The molecule has 0 atom stereocenters. The summed E-state index contributed by atoms with van der Waals surface area (Å²) in [7, 11) is -4.48. The van der Waals surface area contributed by atoms with E-state index in [4.69, 9.17) is 5.11 Å². The zero-order valence-electron chi connectivity index (χ0n) is 11.9. The largest absolute Gasteiger partial charge is 0.726 e. The van der Waals surface area contributed by atoms with Crippen molar-refractivity contribution in [3.05, 3.63) is 0 Å². The standard InChI is InChI=1S/C9H20O4S.C2H6O.H3N/c1-2-3-4-5-6-7-8-9-13-14(10,11)12;1-2-3;/h2-9H2,1H3,(H,10,11,12);3H,2H2,1H3;1H3. The Morgan fingerprint density at radius 3 is 1.78 bits per heavy atom. The minimum Gasteiger partial charge on any atom is -0.726 e. The van der Waals surface area contributed by atoms with Crippen LogP contribution in [0.1, 0.15) is 58.8 Å². The summed E-state index contributed by atoms with van der Waals surface area (Å²) in [5.41, 5.74) is 0. The van der Waals surface area contributed by atoms with E-state index in [-0.39, 0.29) is 19.4 Å². The Balaban J connectivity index is -0.000000507. The molecule has 18 heavy (non-hydrogen) atoms. The van der Waals surface area contributed by atoms with E-state index in [2.05, 4.69) is 11.1 Å². The Kier molecular flexibility index (Phi) is 21.4. The van der Waals surface area contributed by atoms with Crippen LogP contribution in [0.15, 0.2) is 0 Å². The van der Waals surface area contributed by atoms with Crippen LogP contribution < -0.4 is 6.15 Å². The lowest BCUT2D eigenvalue weighted by molar-refractivity contribution is 0.255. The van der Waals surface area contributed by atoms with Crippen molar-refractivity contribution in [3.8, 4) is 0 Å². The van der Waals surface area contributed by atoms with Gasteiger partial charge in [-0.05, 0) is 13.3 Å². The van der Waals surface area contributed by atoms with E-state index < -0.39 is 10.4 Å². The summed E-state index contributed by atoms with van der Waals surface area (Å²) in [4.78, 5) is 0. The molecule has 0 spiro atoms. The first-order valence-electron chi connectivity index (χ1n) is 6.19. The van der Waals surface area contributed by atoms with Gasteiger partial charge in [0.2, 0.25) is 10.4 Å². The number of aliphatic hydroxyl groups is 1. The quantitative estimate of drug-likeness (QED) is 0.383. The molecule has 114 valence electrons. The lowest BCUT2D eigenvalue weighted by atomic mass is 10.1. The molecule has 0 heterocycles. The summed E-state index contributed by atoms with van der Waals surface area (Å²) >= 11 is 0. The van der Waals surface area contributed by atoms with Gasteiger partial charge in [-0.3, -0.25) is 4.18 Å². The van der Waals surface area contributed by atoms with Crippen molar-refractivity contribution >= 4 is 10.4 Å². The Hall–Kier alpha value is -0.210. The molecule has 0 aliphatic carbocycles. The molecule has 0 bridgehead atoms. The van der Waals surface area contributed by atoms with E-state index in [9.17, 15) is 13.0 Å². The Morgan fingerprint density at radius 1 is 1.00 bits per heavy atom. The molecule has 0 aliphatic heterocycles. The molecular weight excluding hydrogens is 258 g/mol. The van der Waals surface area contributed by atoms with Crippen LogP contribution in [0.2, 0.25) is 0 Å². The van der Waals surface area contributed by atoms with Crippen molar-refractivity contribution in [2.24, 2.45) is 0 Å². The van der Waals surface area contributed by atoms with Crippen molar-refractivity contribution in [1.82, 2.24) is 6.15 Å². The Morgan fingerprint density at radius 2 is 1.39 bits per heavy atom. The van der Waals surface area contributed by atoms with Gasteiger partial charge in [0.25, 0.3) is 0 Å². The molecule has 0 unspecified atom stereocenters. The lowest BCUT2D eigenvalue weighted by Crippen LogP contribution is -2.05. The van der Waals surface area contributed by atoms with Crippen LogP contribution in [-0.4, -0.2) is 31.3 Å². The SMILES string of the molecule is CCCCCCCCCOS(=O)(=O)[O-].CCO.[NH4+]. The summed E-state index contributed by atoms with van der Waals surface area (Å²) in [6, 6.07) is 0. The number of quaternary nitrogens is 1. The maximum absolute atomic E-state index is 10.0. The maximum Gasteiger partial charge on any atom is 0.217 e. The highest BCUT2D eigenvalue weighted by molar-refractivity contribution is 7.80. The van der Waals surface area contributed by atoms with E-state index in [1.807, 2.05) is 0 Å². The van der Waals surface area contributed by atoms with Crippen LogP contribution >= 0.6 is 0 Å². The number of hydrogen-bond donors (Lipinski definition) is 2. The number of rotatable bonds is 9. The summed E-state index contributed by atoms with van der Waals surface area (Å²) < 4.78 is 34.2. The topological polar surface area (TPSA) is 123 Å². The lowest BCUT2D eigenvalue weighted by Gasteiger charge is -2.06. The summed E-state index contributed by atoms with van der Waals surface area (Å²) in [6.07, 6.45) is 7.55. The van der Waals surface area contributed by atoms with Crippen molar-refractivity contribution in [2.75, 3.05) is 13.2 Å². The first-order chi connectivity index (χ1) is 7.97. The third-order valence-corrected chi connectivity index (χ3v) is 2.43. The minimum absolute atomic E-state index is 0. The van der Waals surface area contributed by atoms with Crippen LogP contribution in [0.3, 0.4) is 0 Å². The van der Waals surface area contributed by atoms with Crippen LogP contribution in [0.4, 0.5) is 0 Å². The van der Waals surface area contributed by atoms with E-state index in [1.54, 1.807) is 6.92 Å². The summed E-state index contributed by atoms with van der Waals surface area (Å²) in [6.45, 7) is 4.12. The van der Waals surface area contributed by atoms with Gasteiger partial charge in [-0.25, -0.2) is 8.42 Å². The second-order valence-corrected chi connectivity index (χ2v) is 4.72. The molecule has 0 saturated carbocycles. The average Bonchev–Trinajstić information content (AvgIpc) is 2.22. The highest BCUT2D eigenvalue weighted by Crippen LogP contribution is 2.07. The van der Waals surface area contributed by atoms with E-state index in [0.717, 1.165) is 12.8 Å². The molecule has 0 radical (unpaired) electrons. The highest BCUT2D eigenvalue weighted by Gasteiger charge is 1.94. The third-order valence-electron chi connectivity index (χ3n) is 1.98. The predicted molar refractivity (Wildman–Crippen MR) is 72.4 cm³/mol. The second-order valence-electron chi connectivity index (χ2n) is 3.67. The molecule has 6 nitrogen and oxygen atoms in total. The fraction of sp³-hybridized carbons (Fsp3) is 1.00.